The molecule has 0 aliphatic heterocycles. The van der Waals surface area contributed by atoms with Crippen molar-refractivity contribution < 1.29 is 22.7 Å². The van der Waals surface area contributed by atoms with Crippen molar-refractivity contribution in [1.82, 2.24) is 14.5 Å². The molecular formula is C28H32ClN3O5S. The van der Waals surface area contributed by atoms with Crippen LogP contribution in [0, 0.1) is 0 Å². The van der Waals surface area contributed by atoms with Crippen LogP contribution in [0.2, 0.25) is 5.02 Å². The molecule has 0 saturated heterocycles. The highest BCUT2D eigenvalue weighted by Gasteiger charge is 2.30. The lowest BCUT2D eigenvalue weighted by Gasteiger charge is -2.31. The summed E-state index contributed by atoms with van der Waals surface area (Å²) in [6.07, 6.45) is 1.07. The molecule has 0 heterocycles. The van der Waals surface area contributed by atoms with Gasteiger partial charge in [0.25, 0.3) is 0 Å². The first-order valence-electron chi connectivity index (χ1n) is 12.0. The molecule has 10 heteroatoms. The van der Waals surface area contributed by atoms with E-state index in [0.717, 1.165) is 27.3 Å². The Hall–Kier alpha value is -3.40. The normalized spacial score (nSPS) is 12.1. The van der Waals surface area contributed by atoms with E-state index in [-0.39, 0.29) is 25.5 Å². The first-order valence-corrected chi connectivity index (χ1v) is 14.2. The number of hydrogen-bond donors (Lipinski definition) is 1. The number of carbonyl (C=O) groups is 2. The van der Waals surface area contributed by atoms with Gasteiger partial charge in [-0.25, -0.2) is 8.42 Å². The molecule has 38 heavy (non-hydrogen) atoms. The van der Waals surface area contributed by atoms with Gasteiger partial charge in [-0.3, -0.25) is 9.59 Å². The van der Waals surface area contributed by atoms with E-state index in [4.69, 9.17) is 16.3 Å². The van der Waals surface area contributed by atoms with Crippen LogP contribution in [0.1, 0.15) is 23.6 Å². The van der Waals surface area contributed by atoms with Gasteiger partial charge in [-0.1, -0.05) is 66.2 Å². The molecule has 2 amide bonds. The number of nitrogens with zero attached hydrogens (tertiary/aromatic N) is 2. The lowest BCUT2D eigenvalue weighted by Crippen LogP contribution is -2.50. The molecule has 0 bridgehead atoms. The Morgan fingerprint density at radius 2 is 1.47 bits per heavy atom. The molecule has 8 nitrogen and oxygen atoms in total. The Bertz CT molecular complexity index is 1320. The summed E-state index contributed by atoms with van der Waals surface area (Å²) in [5.74, 6) is -0.196. The number of sulfonamides is 1. The molecule has 3 aromatic rings. The number of rotatable bonds is 12. The molecule has 1 unspecified atom stereocenters. The minimum absolute atomic E-state index is 0.0406. The fourth-order valence-corrected chi connectivity index (χ4v) is 4.62. The van der Waals surface area contributed by atoms with E-state index in [1.807, 2.05) is 6.07 Å². The number of halogens is 1. The highest BCUT2D eigenvalue weighted by molar-refractivity contribution is 7.88. The maximum Gasteiger partial charge on any atom is 0.242 e. The molecule has 0 fully saturated rings. The molecule has 0 aromatic heterocycles. The topological polar surface area (TPSA) is 96.0 Å². The van der Waals surface area contributed by atoms with E-state index < -0.39 is 28.5 Å². The third-order valence-corrected chi connectivity index (χ3v) is 7.49. The standard InChI is InChI=1S/C28H32ClN3O5S/c1-21(28(34)30-17-22-9-13-25(29)14-10-22)32(19-24-11-15-26(37-2)16-12-24)27(33)20-31(38(3,35)36)18-23-7-5-4-6-8-23/h4-16,21H,17-20H2,1-3H3,(H,30,34). The van der Waals surface area contributed by atoms with Crippen LogP contribution < -0.4 is 10.1 Å². The Morgan fingerprint density at radius 1 is 0.895 bits per heavy atom. The molecule has 0 aliphatic carbocycles. The van der Waals surface area contributed by atoms with Crippen molar-refractivity contribution in [1.29, 1.82) is 0 Å². The summed E-state index contributed by atoms with van der Waals surface area (Å²) in [6, 6.07) is 22.4. The van der Waals surface area contributed by atoms with Crippen LogP contribution in [0.4, 0.5) is 0 Å². The monoisotopic (exact) mass is 557 g/mol. The number of nitrogens with one attached hydrogen (secondary N) is 1. The van der Waals surface area contributed by atoms with Crippen molar-refractivity contribution in [2.45, 2.75) is 32.6 Å². The van der Waals surface area contributed by atoms with Crippen molar-refractivity contribution in [3.8, 4) is 5.75 Å². The zero-order valence-corrected chi connectivity index (χ0v) is 23.2. The number of carbonyl (C=O) groups excluding carboxylic acids is 2. The van der Waals surface area contributed by atoms with Gasteiger partial charge in [-0.15, -0.1) is 0 Å². The predicted molar refractivity (Wildman–Crippen MR) is 148 cm³/mol. The van der Waals surface area contributed by atoms with Gasteiger partial charge in [-0.2, -0.15) is 4.31 Å². The van der Waals surface area contributed by atoms with Gasteiger partial charge < -0.3 is 15.0 Å². The SMILES string of the molecule is COc1ccc(CN(C(=O)CN(Cc2ccccc2)S(C)(=O)=O)C(C)C(=O)NCc2ccc(Cl)cc2)cc1. The molecule has 202 valence electrons. The average molecular weight is 558 g/mol. The quantitative estimate of drug-likeness (QED) is 0.365. The van der Waals surface area contributed by atoms with Crippen LogP contribution in [0.15, 0.2) is 78.9 Å². The summed E-state index contributed by atoms with van der Waals surface area (Å²) in [5.41, 5.74) is 2.38. The Balaban J connectivity index is 1.81. The number of methoxy groups -OCH3 is 1. The summed E-state index contributed by atoms with van der Waals surface area (Å²) in [6.45, 7) is 1.63. The summed E-state index contributed by atoms with van der Waals surface area (Å²) in [7, 11) is -2.15. The third kappa shape index (κ3) is 8.58. The number of hydrogen-bond acceptors (Lipinski definition) is 5. The Morgan fingerprint density at radius 3 is 2.05 bits per heavy atom. The van der Waals surface area contributed by atoms with Crippen LogP contribution in [0.25, 0.3) is 0 Å². The van der Waals surface area contributed by atoms with Gasteiger partial charge in [0.05, 0.1) is 19.9 Å². The van der Waals surface area contributed by atoms with Gasteiger partial charge in [-0.05, 0) is 47.9 Å². The van der Waals surface area contributed by atoms with Crippen LogP contribution in [-0.4, -0.2) is 55.4 Å². The molecule has 0 spiro atoms. The van der Waals surface area contributed by atoms with Gasteiger partial charge in [0.2, 0.25) is 21.8 Å². The minimum Gasteiger partial charge on any atom is -0.497 e. The molecule has 0 saturated carbocycles. The zero-order chi connectivity index (χ0) is 27.7. The molecule has 3 rings (SSSR count). The molecule has 3 aromatic carbocycles. The number of amides is 2. The summed E-state index contributed by atoms with van der Waals surface area (Å²) in [4.78, 5) is 28.1. The van der Waals surface area contributed by atoms with Crippen molar-refractivity contribution in [2.24, 2.45) is 0 Å². The van der Waals surface area contributed by atoms with Crippen LogP contribution in [0.5, 0.6) is 5.75 Å². The van der Waals surface area contributed by atoms with Crippen molar-refractivity contribution >= 4 is 33.4 Å². The van der Waals surface area contributed by atoms with Crippen LogP contribution in [-0.2, 0) is 39.2 Å². The Labute approximate surface area is 229 Å². The first-order chi connectivity index (χ1) is 18.1. The highest BCUT2D eigenvalue weighted by atomic mass is 35.5. The van der Waals surface area contributed by atoms with Gasteiger partial charge >= 0.3 is 0 Å². The molecular weight excluding hydrogens is 526 g/mol. The third-order valence-electron chi connectivity index (χ3n) is 6.04. The Kier molecular flexibility index (Phi) is 10.3. The second kappa shape index (κ2) is 13.4. The lowest BCUT2D eigenvalue weighted by molar-refractivity contribution is -0.140. The fourth-order valence-electron chi connectivity index (χ4n) is 3.77. The molecule has 1 atom stereocenters. The van der Waals surface area contributed by atoms with E-state index in [9.17, 15) is 18.0 Å². The summed E-state index contributed by atoms with van der Waals surface area (Å²) >= 11 is 5.94. The maximum absolute atomic E-state index is 13.6. The van der Waals surface area contributed by atoms with E-state index in [1.165, 1.54) is 4.90 Å². The van der Waals surface area contributed by atoms with E-state index in [2.05, 4.69) is 5.32 Å². The second-order valence-electron chi connectivity index (χ2n) is 8.91. The van der Waals surface area contributed by atoms with Crippen molar-refractivity contribution in [3.63, 3.8) is 0 Å². The molecule has 0 aliphatic rings. The van der Waals surface area contributed by atoms with Crippen molar-refractivity contribution in [2.75, 3.05) is 19.9 Å². The smallest absolute Gasteiger partial charge is 0.242 e. The molecule has 0 radical (unpaired) electrons. The highest BCUT2D eigenvalue weighted by Crippen LogP contribution is 2.17. The van der Waals surface area contributed by atoms with Gasteiger partial charge in [0.15, 0.2) is 0 Å². The van der Waals surface area contributed by atoms with Crippen LogP contribution >= 0.6 is 11.6 Å². The fraction of sp³-hybridized carbons (Fsp3) is 0.286. The minimum atomic E-state index is -3.71. The summed E-state index contributed by atoms with van der Waals surface area (Å²) < 4.78 is 31.4. The number of benzene rings is 3. The summed E-state index contributed by atoms with van der Waals surface area (Å²) in [5, 5.41) is 3.45. The zero-order valence-electron chi connectivity index (χ0n) is 21.6. The second-order valence-corrected chi connectivity index (χ2v) is 11.3. The lowest BCUT2D eigenvalue weighted by atomic mass is 10.1. The van der Waals surface area contributed by atoms with E-state index in [0.29, 0.717) is 10.8 Å². The van der Waals surface area contributed by atoms with Gasteiger partial charge in [0.1, 0.15) is 11.8 Å². The van der Waals surface area contributed by atoms with E-state index >= 15 is 0 Å². The van der Waals surface area contributed by atoms with E-state index in [1.54, 1.807) is 86.8 Å². The largest absolute Gasteiger partial charge is 0.497 e. The van der Waals surface area contributed by atoms with Gasteiger partial charge in [0, 0.05) is 24.7 Å². The molecule has 1 N–H and O–H groups in total. The predicted octanol–water partition coefficient (Wildman–Crippen LogP) is 3.84. The van der Waals surface area contributed by atoms with Crippen molar-refractivity contribution in [3.05, 3.63) is 101 Å². The maximum atomic E-state index is 13.6. The number of ether oxygens (including phenoxy) is 1. The average Bonchev–Trinajstić information content (AvgIpc) is 2.90. The first kappa shape index (κ1) is 29.2. The van der Waals surface area contributed by atoms with Crippen LogP contribution in [0.3, 0.4) is 0 Å².